The number of aliphatic hydroxyl groups is 2. The highest BCUT2D eigenvalue weighted by Crippen LogP contribution is 2.68. The van der Waals surface area contributed by atoms with Crippen molar-refractivity contribution < 1.29 is 19.7 Å². The lowest BCUT2D eigenvalue weighted by Gasteiger charge is -2.63. The molecule has 2 aliphatic heterocycles. The summed E-state index contributed by atoms with van der Waals surface area (Å²) >= 11 is 0. The Hall–Kier alpha value is -1.95. The van der Waals surface area contributed by atoms with Crippen molar-refractivity contribution in [2.45, 2.75) is 61.9 Å². The summed E-state index contributed by atoms with van der Waals surface area (Å²) in [4.78, 5) is 15.3. The third-order valence-corrected chi connectivity index (χ3v) is 8.30. The minimum absolute atomic E-state index is 0.00915. The molecule has 2 saturated carbocycles. The minimum atomic E-state index is -1.18. The van der Waals surface area contributed by atoms with Crippen LogP contribution >= 0.6 is 0 Å². The van der Waals surface area contributed by atoms with Gasteiger partial charge in [0.1, 0.15) is 11.4 Å². The lowest BCUT2D eigenvalue weighted by molar-refractivity contribution is -0.208. The maximum Gasteiger partial charge on any atom is 0.174 e. The summed E-state index contributed by atoms with van der Waals surface area (Å²) in [6.07, 6.45) is 4.62. The first-order chi connectivity index (χ1) is 13.9. The highest BCUT2D eigenvalue weighted by Gasteiger charge is 2.74. The fourth-order valence-corrected chi connectivity index (χ4v) is 6.94. The molecule has 2 heterocycles. The summed E-state index contributed by atoms with van der Waals surface area (Å²) < 4.78 is 6.39. The summed E-state index contributed by atoms with van der Waals surface area (Å²) in [7, 11) is 2.07. The van der Waals surface area contributed by atoms with Gasteiger partial charge in [-0.15, -0.1) is 0 Å². The number of carbonyl (C=O) groups is 1. The number of hydrogen-bond acceptors (Lipinski definition) is 5. The Bertz CT molecular complexity index is 968. The number of likely N-dealkylation sites (N-methyl/N-ethyl adjacent to an activating group) is 1. The van der Waals surface area contributed by atoms with Gasteiger partial charge in [0.2, 0.25) is 0 Å². The largest absolute Gasteiger partial charge is 0.483 e. The number of carbonyl (C=O) groups excluding carboxylic acids is 1. The van der Waals surface area contributed by atoms with Gasteiger partial charge in [0.25, 0.3) is 0 Å². The highest BCUT2D eigenvalue weighted by atomic mass is 16.5. The molecule has 0 amide bonds. The first kappa shape index (κ1) is 17.9. The van der Waals surface area contributed by atoms with E-state index in [4.69, 9.17) is 4.74 Å². The summed E-state index contributed by atoms with van der Waals surface area (Å²) in [5, 5.41) is 23.8. The molecule has 5 nitrogen and oxygen atoms in total. The van der Waals surface area contributed by atoms with Crippen LogP contribution in [-0.2, 0) is 16.0 Å². The lowest BCUT2D eigenvalue weighted by atomic mass is 9.47. The molecule has 2 N–H and O–H groups in total. The number of piperidine rings is 1. The van der Waals surface area contributed by atoms with Crippen molar-refractivity contribution in [2.24, 2.45) is 5.41 Å². The number of ketones is 1. The number of ether oxygens (including phenoxy) is 1. The van der Waals surface area contributed by atoms with Crippen LogP contribution in [0.15, 0.2) is 53.3 Å². The molecule has 1 spiro atoms. The Balaban J connectivity index is 1.54. The van der Waals surface area contributed by atoms with Crippen LogP contribution in [0.1, 0.15) is 37.7 Å². The van der Waals surface area contributed by atoms with Gasteiger partial charge in [-0.2, -0.15) is 0 Å². The highest BCUT2D eigenvalue weighted by molar-refractivity contribution is 5.88. The van der Waals surface area contributed by atoms with Crippen LogP contribution in [0.5, 0.6) is 0 Å². The van der Waals surface area contributed by atoms with E-state index < -0.39 is 22.7 Å². The number of Topliss-reactive ketones (excluding diaryl/α,β-unsaturated/α-hetero) is 1. The molecule has 5 atom stereocenters. The molecule has 2 bridgehead atoms. The molecular weight excluding hydrogens is 366 g/mol. The lowest BCUT2D eigenvalue weighted by Crippen LogP contribution is -2.74. The molecule has 152 valence electrons. The van der Waals surface area contributed by atoms with Gasteiger partial charge in [0, 0.05) is 30.9 Å². The number of nitrogens with zero attached hydrogens (tertiary/aromatic N) is 1. The quantitative estimate of drug-likeness (QED) is 0.806. The first-order valence-corrected chi connectivity index (χ1v) is 10.7. The summed E-state index contributed by atoms with van der Waals surface area (Å²) in [6, 6.07) is 9.92. The van der Waals surface area contributed by atoms with Crippen LogP contribution in [0.3, 0.4) is 0 Å². The van der Waals surface area contributed by atoms with E-state index in [9.17, 15) is 15.0 Å². The van der Waals surface area contributed by atoms with Gasteiger partial charge in [0.05, 0.1) is 11.0 Å². The SMILES string of the molecule is CN1CC[C@]23C4=C5O[C@H]2C(=O)CC[C@@]3(O)[C@H]1CC4=CCC5(O)Cc1ccccc1. The monoisotopic (exact) mass is 393 g/mol. The van der Waals surface area contributed by atoms with E-state index in [0.717, 1.165) is 29.7 Å². The summed E-state index contributed by atoms with van der Waals surface area (Å²) in [5.74, 6) is 0.622. The Kier molecular flexibility index (Phi) is 3.45. The van der Waals surface area contributed by atoms with Gasteiger partial charge in [-0.25, -0.2) is 0 Å². The smallest absolute Gasteiger partial charge is 0.174 e. The second kappa shape index (κ2) is 5.60. The zero-order valence-electron chi connectivity index (χ0n) is 16.7. The van der Waals surface area contributed by atoms with Crippen LogP contribution in [0.2, 0.25) is 0 Å². The van der Waals surface area contributed by atoms with Gasteiger partial charge in [-0.1, -0.05) is 36.4 Å². The molecule has 1 aromatic rings. The number of rotatable bonds is 2. The molecule has 3 aliphatic carbocycles. The minimum Gasteiger partial charge on any atom is -0.483 e. The molecule has 0 aromatic heterocycles. The molecule has 0 radical (unpaired) electrons. The molecule has 3 fully saturated rings. The Labute approximate surface area is 170 Å². The second-order valence-corrected chi connectivity index (χ2v) is 9.64. The second-order valence-electron chi connectivity index (χ2n) is 9.64. The number of hydrogen-bond donors (Lipinski definition) is 2. The fourth-order valence-electron chi connectivity index (χ4n) is 6.94. The molecular formula is C24H27NO4. The van der Waals surface area contributed by atoms with Crippen LogP contribution in [0.25, 0.3) is 0 Å². The topological polar surface area (TPSA) is 70.0 Å². The standard InChI is InChI=1S/C24H27NO4/c1-25-12-11-23-19-16-7-9-22(27,14-15-5-3-2-4-6-15)21(19)29-20(23)17(26)8-10-24(23,28)18(25)13-16/h2-7,18,20,27-28H,8-14H2,1H3/t18-,20+,22?,23+,24-/m1/s1. The van der Waals surface area contributed by atoms with E-state index in [0.29, 0.717) is 37.9 Å². The molecule has 29 heavy (non-hydrogen) atoms. The van der Waals surface area contributed by atoms with Crippen LogP contribution in [0.4, 0.5) is 0 Å². The molecule has 1 aromatic carbocycles. The first-order valence-electron chi connectivity index (χ1n) is 10.7. The van der Waals surface area contributed by atoms with Gasteiger partial charge in [-0.3, -0.25) is 4.79 Å². The Morgan fingerprint density at radius 1 is 1.21 bits per heavy atom. The van der Waals surface area contributed by atoms with Gasteiger partial charge >= 0.3 is 0 Å². The van der Waals surface area contributed by atoms with Crippen molar-refractivity contribution in [3.05, 3.63) is 58.9 Å². The molecule has 6 rings (SSSR count). The predicted molar refractivity (Wildman–Crippen MR) is 107 cm³/mol. The van der Waals surface area contributed by atoms with Crippen molar-refractivity contribution in [3.8, 4) is 0 Å². The van der Waals surface area contributed by atoms with E-state index in [1.807, 2.05) is 30.3 Å². The maximum atomic E-state index is 13.0. The van der Waals surface area contributed by atoms with Gasteiger partial charge in [-0.05, 0) is 44.0 Å². The zero-order valence-corrected chi connectivity index (χ0v) is 16.7. The van der Waals surface area contributed by atoms with E-state index in [1.165, 1.54) is 0 Å². The van der Waals surface area contributed by atoms with E-state index in [-0.39, 0.29) is 11.8 Å². The van der Waals surface area contributed by atoms with Crippen molar-refractivity contribution in [1.29, 1.82) is 0 Å². The van der Waals surface area contributed by atoms with Crippen LogP contribution in [-0.4, -0.2) is 57.8 Å². The Morgan fingerprint density at radius 2 is 2.00 bits per heavy atom. The van der Waals surface area contributed by atoms with E-state index in [2.05, 4.69) is 18.0 Å². The van der Waals surface area contributed by atoms with E-state index >= 15 is 0 Å². The molecule has 5 heteroatoms. The normalized spacial score (nSPS) is 43.0. The van der Waals surface area contributed by atoms with Crippen molar-refractivity contribution in [2.75, 3.05) is 13.6 Å². The number of likely N-dealkylation sites (tertiary alicyclic amines) is 1. The van der Waals surface area contributed by atoms with Gasteiger partial charge < -0.3 is 19.8 Å². The van der Waals surface area contributed by atoms with Gasteiger partial charge in [0.15, 0.2) is 11.9 Å². The summed E-state index contributed by atoms with van der Waals surface area (Å²) in [6.45, 7) is 0.821. The van der Waals surface area contributed by atoms with Crippen LogP contribution < -0.4 is 0 Å². The number of benzene rings is 1. The molecule has 5 aliphatic rings. The van der Waals surface area contributed by atoms with E-state index in [1.54, 1.807) is 0 Å². The average Bonchev–Trinajstić information content (AvgIpc) is 3.07. The summed E-state index contributed by atoms with van der Waals surface area (Å²) in [5.41, 5.74) is 0.267. The molecule has 1 unspecified atom stereocenters. The maximum absolute atomic E-state index is 13.0. The Morgan fingerprint density at radius 3 is 2.79 bits per heavy atom. The fraction of sp³-hybridized carbons (Fsp3) is 0.542. The third kappa shape index (κ3) is 2.03. The zero-order chi connectivity index (χ0) is 20.0. The predicted octanol–water partition coefficient (Wildman–Crippen LogP) is 2.13. The van der Waals surface area contributed by atoms with Crippen molar-refractivity contribution >= 4 is 5.78 Å². The molecule has 1 saturated heterocycles. The third-order valence-electron chi connectivity index (χ3n) is 8.30. The average molecular weight is 393 g/mol. The van der Waals surface area contributed by atoms with Crippen molar-refractivity contribution in [3.63, 3.8) is 0 Å². The van der Waals surface area contributed by atoms with Crippen molar-refractivity contribution in [1.82, 2.24) is 4.90 Å². The van der Waals surface area contributed by atoms with Crippen LogP contribution in [0, 0.1) is 5.41 Å².